The van der Waals surface area contributed by atoms with Crippen molar-refractivity contribution >= 4 is 23.3 Å². The highest BCUT2D eigenvalue weighted by molar-refractivity contribution is 6.21. The summed E-state index contributed by atoms with van der Waals surface area (Å²) in [5.41, 5.74) is 2.16. The molecule has 1 saturated heterocycles. The van der Waals surface area contributed by atoms with E-state index in [1.54, 1.807) is 12.1 Å². The molecule has 5 heteroatoms. The fraction of sp³-hybridized carbons (Fsp3) is 0.438. The molecular weight excluding hydrogens is 268 g/mol. The highest BCUT2D eigenvalue weighted by atomic mass is 16.2. The lowest BCUT2D eigenvalue weighted by atomic mass is 9.62. The van der Waals surface area contributed by atoms with Gasteiger partial charge in [0.15, 0.2) is 0 Å². The first-order valence-electron chi connectivity index (χ1n) is 7.33. The number of rotatable bonds is 1. The van der Waals surface area contributed by atoms with Crippen molar-refractivity contribution < 1.29 is 14.4 Å². The molecule has 0 aromatic heterocycles. The Hall–Kier alpha value is -2.17. The average Bonchev–Trinajstić information content (AvgIpc) is 2.73. The normalized spacial score (nSPS) is 23.0. The Bertz CT molecular complexity index is 662. The maximum absolute atomic E-state index is 11.7. The second-order valence-electron chi connectivity index (χ2n) is 6.39. The topological polar surface area (TPSA) is 66.5 Å². The number of imide groups is 1. The number of piperidine rings is 1. The molecule has 1 spiro atoms. The summed E-state index contributed by atoms with van der Waals surface area (Å²) in [6.45, 7) is 1.81. The SMILES string of the molecule is O=C1CC2(CCN(c3ccc4c(c3)C(=O)NC4=O)CC2)C1. The van der Waals surface area contributed by atoms with E-state index in [-0.39, 0.29) is 17.2 Å². The third-order valence-electron chi connectivity index (χ3n) is 5.05. The number of hydrogen-bond donors (Lipinski definition) is 1. The number of carbonyl (C=O) groups excluding carboxylic acids is 3. The van der Waals surface area contributed by atoms with Crippen molar-refractivity contribution in [3.05, 3.63) is 29.3 Å². The van der Waals surface area contributed by atoms with Gasteiger partial charge < -0.3 is 4.90 Å². The largest absolute Gasteiger partial charge is 0.371 e. The average molecular weight is 284 g/mol. The fourth-order valence-corrected chi connectivity index (χ4v) is 3.73. The van der Waals surface area contributed by atoms with Gasteiger partial charge in [0.1, 0.15) is 5.78 Å². The predicted molar refractivity (Wildman–Crippen MR) is 76.4 cm³/mol. The minimum atomic E-state index is -0.313. The highest BCUT2D eigenvalue weighted by Gasteiger charge is 2.45. The van der Waals surface area contributed by atoms with Crippen LogP contribution in [0, 0.1) is 5.41 Å². The second kappa shape index (κ2) is 4.16. The van der Waals surface area contributed by atoms with Crippen molar-refractivity contribution in [2.75, 3.05) is 18.0 Å². The van der Waals surface area contributed by atoms with Gasteiger partial charge in [-0.3, -0.25) is 19.7 Å². The minimum Gasteiger partial charge on any atom is -0.371 e. The van der Waals surface area contributed by atoms with Crippen molar-refractivity contribution in [3.8, 4) is 0 Å². The second-order valence-corrected chi connectivity index (χ2v) is 6.39. The quantitative estimate of drug-likeness (QED) is 0.794. The molecule has 108 valence electrons. The van der Waals surface area contributed by atoms with Gasteiger partial charge in [-0.05, 0) is 36.5 Å². The van der Waals surface area contributed by atoms with Crippen LogP contribution < -0.4 is 10.2 Å². The first-order valence-corrected chi connectivity index (χ1v) is 7.33. The number of ketones is 1. The third-order valence-corrected chi connectivity index (χ3v) is 5.05. The van der Waals surface area contributed by atoms with Gasteiger partial charge in [0.05, 0.1) is 11.1 Å². The Kier molecular flexibility index (Phi) is 2.49. The molecule has 1 aromatic carbocycles. The minimum absolute atomic E-state index is 0.248. The van der Waals surface area contributed by atoms with E-state index in [1.807, 2.05) is 6.07 Å². The van der Waals surface area contributed by atoms with Gasteiger partial charge >= 0.3 is 0 Å². The van der Waals surface area contributed by atoms with Crippen LogP contribution in [-0.2, 0) is 4.79 Å². The van der Waals surface area contributed by atoms with Crippen LogP contribution in [0.5, 0.6) is 0 Å². The molecule has 0 radical (unpaired) electrons. The Balaban J connectivity index is 1.53. The summed E-state index contributed by atoms with van der Waals surface area (Å²) in [7, 11) is 0. The summed E-state index contributed by atoms with van der Waals surface area (Å²) in [5.74, 6) is -0.238. The maximum atomic E-state index is 11.7. The summed E-state index contributed by atoms with van der Waals surface area (Å²) >= 11 is 0. The third kappa shape index (κ3) is 1.87. The van der Waals surface area contributed by atoms with E-state index < -0.39 is 0 Å². The van der Waals surface area contributed by atoms with Crippen LogP contribution in [0.3, 0.4) is 0 Å². The van der Waals surface area contributed by atoms with Gasteiger partial charge in [-0.25, -0.2) is 0 Å². The number of anilines is 1. The van der Waals surface area contributed by atoms with Crippen LogP contribution in [0.4, 0.5) is 5.69 Å². The van der Waals surface area contributed by atoms with Crippen molar-refractivity contribution in [1.82, 2.24) is 5.32 Å². The number of hydrogen-bond acceptors (Lipinski definition) is 4. The van der Waals surface area contributed by atoms with Crippen molar-refractivity contribution in [2.24, 2.45) is 5.41 Å². The zero-order valence-corrected chi connectivity index (χ0v) is 11.6. The van der Waals surface area contributed by atoms with Crippen molar-refractivity contribution in [2.45, 2.75) is 25.7 Å². The fourth-order valence-electron chi connectivity index (χ4n) is 3.73. The Morgan fingerprint density at radius 3 is 2.29 bits per heavy atom. The summed E-state index contributed by atoms with van der Waals surface area (Å²) in [5, 5.41) is 2.31. The molecule has 1 saturated carbocycles. The Morgan fingerprint density at radius 2 is 1.62 bits per heavy atom. The summed E-state index contributed by atoms with van der Waals surface area (Å²) in [6, 6.07) is 5.43. The predicted octanol–water partition coefficient (Wildman–Crippen LogP) is 1.52. The molecule has 1 aliphatic carbocycles. The van der Waals surface area contributed by atoms with Crippen molar-refractivity contribution in [3.63, 3.8) is 0 Å². The number of nitrogens with one attached hydrogen (secondary N) is 1. The summed E-state index contributed by atoms with van der Waals surface area (Å²) in [4.78, 5) is 36.7. The van der Waals surface area contributed by atoms with Gasteiger partial charge in [-0.15, -0.1) is 0 Å². The van der Waals surface area contributed by atoms with Gasteiger partial charge in [0.25, 0.3) is 11.8 Å². The molecular formula is C16H16N2O3. The number of nitrogens with zero attached hydrogens (tertiary/aromatic N) is 1. The van der Waals surface area contributed by atoms with E-state index in [9.17, 15) is 14.4 Å². The number of Topliss-reactive ketones (excluding diaryl/α,β-unsaturated/α-hetero) is 1. The zero-order chi connectivity index (χ0) is 14.6. The molecule has 21 heavy (non-hydrogen) atoms. The molecule has 2 heterocycles. The molecule has 2 amide bonds. The standard InChI is InChI=1S/C16H16N2O3/c19-11-8-16(9-11)3-5-18(6-4-16)10-1-2-12-13(7-10)15(21)17-14(12)20/h1-2,7H,3-6,8-9H2,(H,17,20,21). The van der Waals surface area contributed by atoms with E-state index >= 15 is 0 Å². The molecule has 2 aliphatic heterocycles. The highest BCUT2D eigenvalue weighted by Crippen LogP contribution is 2.47. The van der Waals surface area contributed by atoms with E-state index in [1.165, 1.54) is 0 Å². The van der Waals surface area contributed by atoms with Gasteiger partial charge in [0, 0.05) is 31.6 Å². The van der Waals surface area contributed by atoms with E-state index in [0.29, 0.717) is 16.9 Å². The van der Waals surface area contributed by atoms with Crippen LogP contribution in [0.15, 0.2) is 18.2 Å². The zero-order valence-electron chi connectivity index (χ0n) is 11.6. The summed E-state index contributed by atoms with van der Waals surface area (Å²) < 4.78 is 0. The molecule has 5 nitrogen and oxygen atoms in total. The maximum Gasteiger partial charge on any atom is 0.259 e. The van der Waals surface area contributed by atoms with Crippen LogP contribution in [0.25, 0.3) is 0 Å². The molecule has 1 N–H and O–H groups in total. The smallest absolute Gasteiger partial charge is 0.259 e. The van der Waals surface area contributed by atoms with Crippen molar-refractivity contribution in [1.29, 1.82) is 0 Å². The molecule has 2 fully saturated rings. The Labute approximate surface area is 122 Å². The molecule has 4 rings (SSSR count). The molecule has 0 atom stereocenters. The molecule has 1 aromatic rings. The van der Waals surface area contributed by atoms with Crippen LogP contribution >= 0.6 is 0 Å². The first kappa shape index (κ1) is 12.6. The van der Waals surface area contributed by atoms with E-state index in [4.69, 9.17) is 0 Å². The van der Waals surface area contributed by atoms with Crippen LogP contribution in [0.2, 0.25) is 0 Å². The first-order chi connectivity index (χ1) is 10.1. The van der Waals surface area contributed by atoms with Crippen LogP contribution in [-0.4, -0.2) is 30.7 Å². The van der Waals surface area contributed by atoms with E-state index in [2.05, 4.69) is 10.2 Å². The molecule has 0 unspecified atom stereocenters. The molecule has 0 bridgehead atoms. The lowest BCUT2D eigenvalue weighted by Crippen LogP contribution is -2.47. The number of benzene rings is 1. The monoisotopic (exact) mass is 284 g/mol. The lowest BCUT2D eigenvalue weighted by molar-refractivity contribution is -0.133. The summed E-state index contributed by atoms with van der Waals surface area (Å²) in [6.07, 6.45) is 3.53. The van der Waals surface area contributed by atoms with Crippen LogP contribution in [0.1, 0.15) is 46.4 Å². The van der Waals surface area contributed by atoms with Gasteiger partial charge in [-0.1, -0.05) is 0 Å². The number of fused-ring (bicyclic) bond motifs is 1. The van der Waals surface area contributed by atoms with Gasteiger partial charge in [-0.2, -0.15) is 0 Å². The lowest BCUT2D eigenvalue weighted by Gasteiger charge is -2.47. The molecule has 3 aliphatic rings. The number of amides is 2. The van der Waals surface area contributed by atoms with Gasteiger partial charge in [0.2, 0.25) is 0 Å². The number of carbonyl (C=O) groups is 3. The Morgan fingerprint density at radius 1 is 0.952 bits per heavy atom. The van der Waals surface area contributed by atoms with E-state index in [0.717, 1.165) is 44.5 Å².